The van der Waals surface area contributed by atoms with Crippen LogP contribution in [-0.4, -0.2) is 35.2 Å². The molecule has 0 radical (unpaired) electrons. The number of halogens is 1. The number of hydrogen-bond acceptors (Lipinski definition) is 3. The fourth-order valence-electron chi connectivity index (χ4n) is 3.28. The zero-order chi connectivity index (χ0) is 16.8. The summed E-state index contributed by atoms with van der Waals surface area (Å²) in [6, 6.07) is 10.2. The topological polar surface area (TPSA) is 69.5 Å². The lowest BCUT2D eigenvalue weighted by Gasteiger charge is -2.17. The standard InChI is InChI=1S/C19H26N4O.HI/c1-2-20-19(23-13-15-6-5-9-18(15)24)22-12-14-10-11-21-17-8-4-3-7-16(14)17;/h3-4,7-8,10-11,15,18,24H,2,5-6,9,12-13H2,1H3,(H2,20,22,23);1H. The van der Waals surface area contributed by atoms with Crippen LogP contribution in [-0.2, 0) is 6.54 Å². The number of aromatic nitrogens is 1. The van der Waals surface area contributed by atoms with Gasteiger partial charge in [0.25, 0.3) is 0 Å². The molecule has 5 nitrogen and oxygen atoms in total. The molecule has 1 heterocycles. The fraction of sp³-hybridized carbons (Fsp3) is 0.474. The number of para-hydroxylation sites is 1. The lowest BCUT2D eigenvalue weighted by atomic mass is 10.1. The van der Waals surface area contributed by atoms with E-state index in [1.807, 2.05) is 30.5 Å². The first-order chi connectivity index (χ1) is 11.8. The van der Waals surface area contributed by atoms with E-state index in [9.17, 15) is 5.11 Å². The lowest BCUT2D eigenvalue weighted by molar-refractivity contribution is 0.134. The molecule has 1 aromatic carbocycles. The zero-order valence-electron chi connectivity index (χ0n) is 14.6. The van der Waals surface area contributed by atoms with Crippen LogP contribution in [0.15, 0.2) is 41.5 Å². The van der Waals surface area contributed by atoms with Crippen molar-refractivity contribution in [2.24, 2.45) is 10.9 Å². The Labute approximate surface area is 166 Å². The number of rotatable bonds is 5. The van der Waals surface area contributed by atoms with Crippen LogP contribution in [0.1, 0.15) is 31.7 Å². The summed E-state index contributed by atoms with van der Waals surface area (Å²) >= 11 is 0. The summed E-state index contributed by atoms with van der Waals surface area (Å²) in [5.41, 5.74) is 2.16. The quantitative estimate of drug-likeness (QED) is 0.369. The van der Waals surface area contributed by atoms with Crippen LogP contribution < -0.4 is 10.6 Å². The molecule has 25 heavy (non-hydrogen) atoms. The average molecular weight is 454 g/mol. The first-order valence-corrected chi connectivity index (χ1v) is 8.81. The largest absolute Gasteiger partial charge is 0.393 e. The molecule has 3 rings (SSSR count). The molecule has 2 atom stereocenters. The predicted molar refractivity (Wildman–Crippen MR) is 113 cm³/mol. The van der Waals surface area contributed by atoms with Gasteiger partial charge in [0.15, 0.2) is 5.96 Å². The van der Waals surface area contributed by atoms with Crippen molar-refractivity contribution in [2.75, 3.05) is 13.1 Å². The highest BCUT2D eigenvalue weighted by molar-refractivity contribution is 14.0. The molecule has 6 heteroatoms. The van der Waals surface area contributed by atoms with Crippen LogP contribution in [0.25, 0.3) is 10.9 Å². The number of guanidine groups is 1. The highest BCUT2D eigenvalue weighted by atomic mass is 127. The predicted octanol–water partition coefficient (Wildman–Crippen LogP) is 3.07. The van der Waals surface area contributed by atoms with Crippen molar-refractivity contribution < 1.29 is 5.11 Å². The van der Waals surface area contributed by atoms with E-state index < -0.39 is 0 Å². The van der Waals surface area contributed by atoms with E-state index in [-0.39, 0.29) is 30.1 Å². The van der Waals surface area contributed by atoms with Gasteiger partial charge in [-0.25, -0.2) is 4.99 Å². The molecule has 0 amide bonds. The van der Waals surface area contributed by atoms with Crippen molar-refractivity contribution in [3.63, 3.8) is 0 Å². The molecule has 0 bridgehead atoms. The summed E-state index contributed by atoms with van der Waals surface area (Å²) in [7, 11) is 0. The third-order valence-corrected chi connectivity index (χ3v) is 4.64. The number of benzene rings is 1. The molecule has 0 spiro atoms. The Morgan fingerprint density at radius 1 is 1.24 bits per heavy atom. The zero-order valence-corrected chi connectivity index (χ0v) is 16.9. The summed E-state index contributed by atoms with van der Waals surface area (Å²) in [5.74, 6) is 1.13. The number of hydrogen-bond donors (Lipinski definition) is 3. The molecule has 3 N–H and O–H groups in total. The Bertz CT molecular complexity index is 701. The number of nitrogens with zero attached hydrogens (tertiary/aromatic N) is 2. The first kappa shape index (κ1) is 19.9. The van der Waals surface area contributed by atoms with Crippen molar-refractivity contribution in [3.05, 3.63) is 42.1 Å². The second-order valence-electron chi connectivity index (χ2n) is 6.32. The summed E-state index contributed by atoms with van der Waals surface area (Å²) in [4.78, 5) is 9.10. The molecule has 2 unspecified atom stereocenters. The Kier molecular flexibility index (Phi) is 7.90. The summed E-state index contributed by atoms with van der Waals surface area (Å²) in [6.07, 6.45) is 4.78. The normalized spacial score (nSPS) is 20.3. The molecule has 1 saturated carbocycles. The second-order valence-corrected chi connectivity index (χ2v) is 6.32. The number of fused-ring (bicyclic) bond motifs is 1. The molecule has 1 aromatic heterocycles. The van der Waals surface area contributed by atoms with E-state index in [1.165, 1.54) is 5.56 Å². The molecule has 136 valence electrons. The Hall–Kier alpha value is -1.41. The van der Waals surface area contributed by atoms with Crippen LogP contribution in [0, 0.1) is 5.92 Å². The van der Waals surface area contributed by atoms with E-state index >= 15 is 0 Å². The Morgan fingerprint density at radius 3 is 2.84 bits per heavy atom. The molecule has 1 aliphatic carbocycles. The van der Waals surface area contributed by atoms with Gasteiger partial charge in [0.05, 0.1) is 18.2 Å². The third kappa shape index (κ3) is 5.28. The molecule has 1 aliphatic rings. The van der Waals surface area contributed by atoms with Gasteiger partial charge in [-0.3, -0.25) is 4.98 Å². The third-order valence-electron chi connectivity index (χ3n) is 4.64. The second kappa shape index (κ2) is 9.91. The molecule has 0 saturated heterocycles. The van der Waals surface area contributed by atoms with Crippen molar-refractivity contribution in [1.29, 1.82) is 0 Å². The smallest absolute Gasteiger partial charge is 0.191 e. The van der Waals surface area contributed by atoms with Crippen molar-refractivity contribution in [2.45, 2.75) is 38.8 Å². The highest BCUT2D eigenvalue weighted by Crippen LogP contribution is 2.24. The van der Waals surface area contributed by atoms with Crippen LogP contribution in [0.5, 0.6) is 0 Å². The van der Waals surface area contributed by atoms with Gasteiger partial charge in [0.2, 0.25) is 0 Å². The van der Waals surface area contributed by atoms with Crippen LogP contribution >= 0.6 is 24.0 Å². The van der Waals surface area contributed by atoms with Crippen molar-refractivity contribution in [3.8, 4) is 0 Å². The minimum absolute atomic E-state index is 0. The molecular weight excluding hydrogens is 427 g/mol. The van der Waals surface area contributed by atoms with E-state index in [1.54, 1.807) is 0 Å². The number of pyridine rings is 1. The first-order valence-electron chi connectivity index (χ1n) is 8.81. The van der Waals surface area contributed by atoms with E-state index in [0.29, 0.717) is 12.5 Å². The van der Waals surface area contributed by atoms with Gasteiger partial charge in [0, 0.05) is 30.6 Å². The van der Waals surface area contributed by atoms with Crippen LogP contribution in [0.4, 0.5) is 0 Å². The summed E-state index contributed by atoms with van der Waals surface area (Å²) < 4.78 is 0. The van der Waals surface area contributed by atoms with Gasteiger partial charge >= 0.3 is 0 Å². The van der Waals surface area contributed by atoms with Gasteiger partial charge in [0.1, 0.15) is 0 Å². The van der Waals surface area contributed by atoms with Gasteiger partial charge in [-0.2, -0.15) is 0 Å². The molecule has 0 aliphatic heterocycles. The molecular formula is C19H27IN4O. The minimum Gasteiger partial charge on any atom is -0.393 e. The lowest BCUT2D eigenvalue weighted by Crippen LogP contribution is -2.41. The maximum absolute atomic E-state index is 9.95. The van der Waals surface area contributed by atoms with Gasteiger partial charge < -0.3 is 15.7 Å². The average Bonchev–Trinajstić information content (AvgIpc) is 3.02. The van der Waals surface area contributed by atoms with Crippen molar-refractivity contribution in [1.82, 2.24) is 15.6 Å². The van der Waals surface area contributed by atoms with Crippen molar-refractivity contribution >= 4 is 40.8 Å². The minimum atomic E-state index is -0.176. The SMILES string of the molecule is CCNC(=NCc1ccnc2ccccc12)NCC1CCCC1O.I. The van der Waals surface area contributed by atoms with E-state index in [4.69, 9.17) is 4.99 Å². The summed E-state index contributed by atoms with van der Waals surface area (Å²) in [5, 5.41) is 17.8. The molecule has 1 fully saturated rings. The summed E-state index contributed by atoms with van der Waals surface area (Å²) in [6.45, 7) is 4.25. The maximum Gasteiger partial charge on any atom is 0.191 e. The number of aliphatic hydroxyl groups excluding tert-OH is 1. The van der Waals surface area contributed by atoms with Gasteiger partial charge in [-0.05, 0) is 37.5 Å². The van der Waals surface area contributed by atoms with Gasteiger partial charge in [-0.15, -0.1) is 24.0 Å². The fourth-order valence-corrected chi connectivity index (χ4v) is 3.28. The van der Waals surface area contributed by atoms with E-state index in [2.05, 4.69) is 28.6 Å². The van der Waals surface area contributed by atoms with Gasteiger partial charge in [-0.1, -0.05) is 24.6 Å². The van der Waals surface area contributed by atoms with Crippen LogP contribution in [0.2, 0.25) is 0 Å². The van der Waals surface area contributed by atoms with Crippen LogP contribution in [0.3, 0.4) is 0 Å². The number of aliphatic hydroxyl groups is 1. The maximum atomic E-state index is 9.95. The highest BCUT2D eigenvalue weighted by Gasteiger charge is 2.24. The monoisotopic (exact) mass is 454 g/mol. The molecule has 2 aromatic rings. The number of aliphatic imine (C=N–C) groups is 1. The van der Waals surface area contributed by atoms with E-state index in [0.717, 1.165) is 49.2 Å². The Morgan fingerprint density at radius 2 is 2.08 bits per heavy atom. The Balaban J connectivity index is 0.00000225. The number of nitrogens with one attached hydrogen (secondary N) is 2.